The number of rotatable bonds is 7. The van der Waals surface area contributed by atoms with Crippen molar-refractivity contribution in [2.45, 2.75) is 32.4 Å². The molecule has 2 aliphatic rings. The smallest absolute Gasteiger partial charge is 0.318 e. The minimum absolute atomic E-state index is 0.219. The van der Waals surface area contributed by atoms with Gasteiger partial charge in [-0.25, -0.2) is 4.79 Å². The molecule has 1 atom stereocenters. The molecule has 37 heavy (non-hydrogen) atoms. The van der Waals surface area contributed by atoms with Crippen molar-refractivity contribution in [3.63, 3.8) is 0 Å². The SMILES string of the molecule is CNC(=O)Nc1ccc2c(c1)C(=O)/C(=C/c1c(C)n(CCCN3CCC(O)C3)c3ccc(OC)cc13)O2. The number of allylic oxidation sites excluding steroid dienone is 1. The first-order valence-electron chi connectivity index (χ1n) is 12.5. The van der Waals surface area contributed by atoms with E-state index in [2.05, 4.69) is 27.0 Å². The van der Waals surface area contributed by atoms with E-state index in [9.17, 15) is 14.7 Å². The second-order valence-electron chi connectivity index (χ2n) is 9.49. The van der Waals surface area contributed by atoms with Crippen molar-refractivity contribution in [2.75, 3.05) is 39.1 Å². The number of carbonyl (C=O) groups is 2. The predicted octanol–water partition coefficient (Wildman–Crippen LogP) is 3.78. The number of aromatic nitrogens is 1. The number of benzene rings is 2. The first-order chi connectivity index (χ1) is 17.9. The summed E-state index contributed by atoms with van der Waals surface area (Å²) >= 11 is 0. The van der Waals surface area contributed by atoms with E-state index in [-0.39, 0.29) is 23.7 Å². The number of β-amino-alcohol motifs (C(OH)–C–C–N with tert-alkyl or cyclic N) is 1. The van der Waals surface area contributed by atoms with Crippen LogP contribution in [0.4, 0.5) is 10.5 Å². The van der Waals surface area contributed by atoms with Crippen LogP contribution in [-0.4, -0.2) is 66.3 Å². The number of amides is 2. The topological polar surface area (TPSA) is 105 Å². The Morgan fingerprint density at radius 1 is 1.24 bits per heavy atom. The van der Waals surface area contributed by atoms with Gasteiger partial charge in [-0.3, -0.25) is 4.79 Å². The summed E-state index contributed by atoms with van der Waals surface area (Å²) in [7, 11) is 3.17. The molecule has 1 aromatic heterocycles. The van der Waals surface area contributed by atoms with Gasteiger partial charge in [0.2, 0.25) is 5.78 Å². The van der Waals surface area contributed by atoms with Crippen molar-refractivity contribution in [1.82, 2.24) is 14.8 Å². The molecule has 9 nitrogen and oxygen atoms in total. The summed E-state index contributed by atoms with van der Waals surface area (Å²) in [6, 6.07) is 10.6. The molecule has 3 heterocycles. The van der Waals surface area contributed by atoms with Crippen LogP contribution in [0.25, 0.3) is 17.0 Å². The van der Waals surface area contributed by atoms with Gasteiger partial charge in [0.25, 0.3) is 0 Å². The van der Waals surface area contributed by atoms with Crippen LogP contribution in [-0.2, 0) is 6.54 Å². The Bertz CT molecular complexity index is 1390. The molecule has 1 unspecified atom stereocenters. The van der Waals surface area contributed by atoms with Gasteiger partial charge in [0.05, 0.1) is 18.8 Å². The van der Waals surface area contributed by atoms with Crippen LogP contribution in [0, 0.1) is 6.92 Å². The van der Waals surface area contributed by atoms with Crippen LogP contribution in [0.15, 0.2) is 42.2 Å². The van der Waals surface area contributed by atoms with Gasteiger partial charge in [-0.2, -0.15) is 0 Å². The molecule has 2 aliphatic heterocycles. The highest BCUT2D eigenvalue weighted by molar-refractivity contribution is 6.16. The number of ether oxygens (including phenoxy) is 2. The third-order valence-corrected chi connectivity index (χ3v) is 7.11. The van der Waals surface area contributed by atoms with E-state index >= 15 is 0 Å². The zero-order valence-electron chi connectivity index (χ0n) is 21.3. The number of ketones is 1. The zero-order chi connectivity index (χ0) is 26.1. The lowest BCUT2D eigenvalue weighted by molar-refractivity contribution is 0.101. The molecule has 9 heteroatoms. The van der Waals surface area contributed by atoms with Gasteiger partial charge in [-0.1, -0.05) is 0 Å². The molecule has 2 amide bonds. The van der Waals surface area contributed by atoms with E-state index in [4.69, 9.17) is 9.47 Å². The number of nitrogens with zero attached hydrogens (tertiary/aromatic N) is 2. The zero-order valence-corrected chi connectivity index (χ0v) is 21.3. The van der Waals surface area contributed by atoms with Crippen molar-refractivity contribution >= 4 is 34.5 Å². The van der Waals surface area contributed by atoms with Crippen molar-refractivity contribution in [3.05, 3.63) is 59.0 Å². The molecular weight excluding hydrogens is 472 g/mol. The van der Waals surface area contributed by atoms with Gasteiger partial charge in [-0.05, 0) is 68.8 Å². The predicted molar refractivity (Wildman–Crippen MR) is 142 cm³/mol. The number of hydrogen-bond acceptors (Lipinski definition) is 6. The highest BCUT2D eigenvalue weighted by Gasteiger charge is 2.29. The quantitative estimate of drug-likeness (QED) is 0.423. The molecular formula is C28H32N4O5. The van der Waals surface area contributed by atoms with Gasteiger partial charge in [0, 0.05) is 54.5 Å². The van der Waals surface area contributed by atoms with Crippen molar-refractivity contribution in [2.24, 2.45) is 0 Å². The van der Waals surface area contributed by atoms with E-state index in [0.717, 1.165) is 66.9 Å². The molecule has 2 aromatic carbocycles. The highest BCUT2D eigenvalue weighted by atomic mass is 16.5. The van der Waals surface area contributed by atoms with E-state index < -0.39 is 0 Å². The molecule has 0 aliphatic carbocycles. The molecule has 3 N–H and O–H groups in total. The van der Waals surface area contributed by atoms with E-state index in [1.54, 1.807) is 31.4 Å². The van der Waals surface area contributed by atoms with Gasteiger partial charge in [0.15, 0.2) is 5.76 Å². The normalized spacial score (nSPS) is 18.3. The fraction of sp³-hybridized carbons (Fsp3) is 0.357. The molecule has 194 valence electrons. The summed E-state index contributed by atoms with van der Waals surface area (Å²) in [6.45, 7) is 5.46. The number of nitrogens with one attached hydrogen (secondary N) is 2. The minimum atomic E-state index is -0.361. The largest absolute Gasteiger partial charge is 0.497 e. The fourth-order valence-corrected chi connectivity index (χ4v) is 5.14. The van der Waals surface area contributed by atoms with Crippen LogP contribution in [0.2, 0.25) is 0 Å². The summed E-state index contributed by atoms with van der Waals surface area (Å²) in [5.41, 5.74) is 3.93. The van der Waals surface area contributed by atoms with Crippen LogP contribution in [0.5, 0.6) is 11.5 Å². The van der Waals surface area contributed by atoms with E-state index in [1.165, 1.54) is 7.05 Å². The number of fused-ring (bicyclic) bond motifs is 2. The number of aliphatic hydroxyl groups is 1. The third kappa shape index (κ3) is 4.92. The number of hydrogen-bond donors (Lipinski definition) is 3. The summed E-state index contributed by atoms with van der Waals surface area (Å²) in [6.07, 6.45) is 3.37. The maximum Gasteiger partial charge on any atom is 0.318 e. The van der Waals surface area contributed by atoms with Gasteiger partial charge in [0.1, 0.15) is 11.5 Å². The number of urea groups is 1. The number of aliphatic hydroxyl groups excluding tert-OH is 1. The van der Waals surface area contributed by atoms with Gasteiger partial charge < -0.3 is 34.7 Å². The lowest BCUT2D eigenvalue weighted by Gasteiger charge is -2.16. The Morgan fingerprint density at radius 3 is 2.81 bits per heavy atom. The Kier molecular flexibility index (Phi) is 6.90. The second-order valence-corrected chi connectivity index (χ2v) is 9.49. The fourth-order valence-electron chi connectivity index (χ4n) is 5.14. The van der Waals surface area contributed by atoms with Crippen molar-refractivity contribution in [1.29, 1.82) is 0 Å². The molecule has 1 fully saturated rings. The van der Waals surface area contributed by atoms with Crippen molar-refractivity contribution < 1.29 is 24.2 Å². The van der Waals surface area contributed by atoms with Crippen LogP contribution < -0.4 is 20.1 Å². The average molecular weight is 505 g/mol. The maximum absolute atomic E-state index is 13.3. The second kappa shape index (κ2) is 10.3. The Balaban J connectivity index is 1.45. The van der Waals surface area contributed by atoms with E-state index in [1.807, 2.05) is 18.2 Å². The molecule has 5 rings (SSSR count). The summed E-state index contributed by atoms with van der Waals surface area (Å²) in [5, 5.41) is 16.0. The van der Waals surface area contributed by atoms with Crippen LogP contribution >= 0.6 is 0 Å². The van der Waals surface area contributed by atoms with Crippen LogP contribution in [0.1, 0.15) is 34.5 Å². The number of likely N-dealkylation sites (tertiary alicyclic amines) is 1. The minimum Gasteiger partial charge on any atom is -0.497 e. The standard InChI is InChI=1S/C28H32N4O5/c1-17-21(15-26-27(34)23-13-18(30-28(35)29-2)5-8-25(23)37-26)22-14-20(36-3)6-7-24(22)32(17)11-4-10-31-12-9-19(33)16-31/h5-8,13-15,19,33H,4,9-12,16H2,1-3H3,(H2,29,30,35)/b26-15-. The van der Waals surface area contributed by atoms with E-state index in [0.29, 0.717) is 17.0 Å². The highest BCUT2D eigenvalue weighted by Crippen LogP contribution is 2.37. The number of aryl methyl sites for hydroxylation is 1. The van der Waals surface area contributed by atoms with Gasteiger partial charge >= 0.3 is 6.03 Å². The number of anilines is 1. The number of Topliss-reactive ketones (excluding diaryl/α,β-unsaturated/α-hetero) is 1. The average Bonchev–Trinajstić information content (AvgIpc) is 3.54. The lowest BCUT2D eigenvalue weighted by Crippen LogP contribution is -2.24. The van der Waals surface area contributed by atoms with Crippen LogP contribution in [0.3, 0.4) is 0 Å². The monoisotopic (exact) mass is 504 g/mol. The Labute approximate surface area is 215 Å². The molecule has 0 radical (unpaired) electrons. The number of carbonyl (C=O) groups excluding carboxylic acids is 2. The maximum atomic E-state index is 13.3. The summed E-state index contributed by atoms with van der Waals surface area (Å²) < 4.78 is 13.7. The molecule has 1 saturated heterocycles. The number of methoxy groups -OCH3 is 1. The Hall–Kier alpha value is -3.82. The summed E-state index contributed by atoms with van der Waals surface area (Å²) in [5.74, 6) is 1.21. The third-order valence-electron chi connectivity index (χ3n) is 7.11. The molecule has 3 aromatic rings. The first kappa shape index (κ1) is 24.9. The Morgan fingerprint density at radius 2 is 2.08 bits per heavy atom. The van der Waals surface area contributed by atoms with Gasteiger partial charge in [-0.15, -0.1) is 0 Å². The molecule has 0 spiro atoms. The molecule has 0 saturated carbocycles. The van der Waals surface area contributed by atoms with Crippen molar-refractivity contribution in [3.8, 4) is 11.5 Å². The first-order valence-corrected chi connectivity index (χ1v) is 12.5. The summed E-state index contributed by atoms with van der Waals surface area (Å²) in [4.78, 5) is 27.2. The lowest BCUT2D eigenvalue weighted by atomic mass is 10.1. The molecule has 0 bridgehead atoms.